The first-order valence-electron chi connectivity index (χ1n) is 8.81. The van der Waals surface area contributed by atoms with Crippen LogP contribution in [-0.4, -0.2) is 36.0 Å². The van der Waals surface area contributed by atoms with E-state index in [1.54, 1.807) is 4.90 Å². The van der Waals surface area contributed by atoms with Crippen LogP contribution < -0.4 is 10.4 Å². The number of carboxylic acid groups (broad SMARTS) is 1. The van der Waals surface area contributed by atoms with Crippen molar-refractivity contribution in [2.24, 2.45) is 11.8 Å². The zero-order chi connectivity index (χ0) is 17.5. The van der Waals surface area contributed by atoms with E-state index >= 15 is 0 Å². The molecule has 1 aromatic carbocycles. The van der Waals surface area contributed by atoms with Gasteiger partial charge in [-0.2, -0.15) is 0 Å². The molecular weight excluding hydrogens is 304 g/mol. The van der Waals surface area contributed by atoms with E-state index in [1.807, 2.05) is 32.0 Å². The van der Waals surface area contributed by atoms with E-state index in [9.17, 15) is 14.7 Å². The summed E-state index contributed by atoms with van der Waals surface area (Å²) in [6, 6.07) is 9.17. The first-order chi connectivity index (χ1) is 11.5. The predicted octanol–water partition coefficient (Wildman–Crippen LogP) is 1.82. The summed E-state index contributed by atoms with van der Waals surface area (Å²) in [6.07, 6.45) is 3.60. The monoisotopic (exact) mass is 331 g/mol. The molecule has 1 aromatic rings. The van der Waals surface area contributed by atoms with Gasteiger partial charge in [0.2, 0.25) is 0 Å². The second-order valence-electron chi connectivity index (χ2n) is 6.75. The lowest BCUT2D eigenvalue weighted by Gasteiger charge is -2.34. The quantitative estimate of drug-likeness (QED) is 0.864. The number of hydrogen-bond donors (Lipinski definition) is 1. The lowest BCUT2D eigenvalue weighted by Crippen LogP contribution is -2.55. The Morgan fingerprint density at radius 3 is 2.42 bits per heavy atom. The van der Waals surface area contributed by atoms with Crippen molar-refractivity contribution in [3.8, 4) is 0 Å². The van der Waals surface area contributed by atoms with Crippen LogP contribution in [-0.2, 0) is 11.2 Å². The molecule has 5 heteroatoms. The summed E-state index contributed by atoms with van der Waals surface area (Å²) in [6.45, 7) is 5.06. The number of nitrogens with one attached hydrogen (secondary N) is 1. The van der Waals surface area contributed by atoms with E-state index < -0.39 is 12.0 Å². The Kier molecular flexibility index (Phi) is 6.64. The van der Waals surface area contributed by atoms with Crippen molar-refractivity contribution >= 4 is 12.0 Å². The fraction of sp³-hybridized carbons (Fsp3) is 0.579. The van der Waals surface area contributed by atoms with Gasteiger partial charge in [0, 0.05) is 13.1 Å². The second-order valence-corrected chi connectivity index (χ2v) is 6.75. The van der Waals surface area contributed by atoms with Crippen molar-refractivity contribution in [2.45, 2.75) is 45.6 Å². The summed E-state index contributed by atoms with van der Waals surface area (Å²) < 4.78 is 0. The molecule has 1 aliphatic heterocycles. The molecule has 0 spiro atoms. The molecule has 0 saturated carbocycles. The molecule has 1 fully saturated rings. The largest absolute Gasteiger partial charge is 0.548 e. The summed E-state index contributed by atoms with van der Waals surface area (Å²) in [7, 11) is 0. The lowest BCUT2D eigenvalue weighted by molar-refractivity contribution is -0.309. The summed E-state index contributed by atoms with van der Waals surface area (Å²) in [5, 5.41) is 13.9. The smallest absolute Gasteiger partial charge is 0.317 e. The summed E-state index contributed by atoms with van der Waals surface area (Å²) >= 11 is 0. The van der Waals surface area contributed by atoms with Crippen molar-refractivity contribution in [1.82, 2.24) is 10.2 Å². The van der Waals surface area contributed by atoms with Crippen LogP contribution in [0, 0.1) is 11.8 Å². The zero-order valence-corrected chi connectivity index (χ0v) is 14.5. The number of urea groups is 1. The van der Waals surface area contributed by atoms with Crippen LogP contribution in [0.5, 0.6) is 0 Å². The molecule has 0 unspecified atom stereocenters. The number of carbonyl (C=O) groups is 2. The number of carbonyl (C=O) groups excluding carboxylic acids is 2. The molecule has 1 heterocycles. The van der Waals surface area contributed by atoms with Crippen molar-refractivity contribution < 1.29 is 14.7 Å². The van der Waals surface area contributed by atoms with Crippen LogP contribution in [0.25, 0.3) is 0 Å². The molecule has 1 aliphatic rings. The van der Waals surface area contributed by atoms with Crippen molar-refractivity contribution in [1.29, 1.82) is 0 Å². The third kappa shape index (κ3) is 4.98. The highest BCUT2D eigenvalue weighted by Gasteiger charge is 2.26. The van der Waals surface area contributed by atoms with Gasteiger partial charge in [0.15, 0.2) is 0 Å². The Bertz CT molecular complexity index is 539. The van der Waals surface area contributed by atoms with Crippen LogP contribution in [0.4, 0.5) is 4.79 Å². The molecular formula is C19H27N2O3-. The van der Waals surface area contributed by atoms with E-state index in [1.165, 1.54) is 5.56 Å². The first kappa shape index (κ1) is 18.3. The van der Waals surface area contributed by atoms with Gasteiger partial charge in [-0.15, -0.1) is 0 Å². The van der Waals surface area contributed by atoms with Gasteiger partial charge in [-0.25, -0.2) is 4.79 Å². The zero-order valence-electron chi connectivity index (χ0n) is 14.5. The average Bonchev–Trinajstić information content (AvgIpc) is 2.60. The summed E-state index contributed by atoms with van der Waals surface area (Å²) in [4.78, 5) is 25.3. The normalized spacial score (nSPS) is 18.0. The molecule has 5 nitrogen and oxygen atoms in total. The molecule has 2 atom stereocenters. The minimum Gasteiger partial charge on any atom is -0.548 e. The number of carboxylic acids is 1. The van der Waals surface area contributed by atoms with Gasteiger partial charge in [0.25, 0.3) is 0 Å². The fourth-order valence-corrected chi connectivity index (χ4v) is 3.18. The van der Waals surface area contributed by atoms with Crippen LogP contribution in [0.3, 0.4) is 0 Å². The fourth-order valence-electron chi connectivity index (χ4n) is 3.18. The Balaban J connectivity index is 1.82. The number of likely N-dealkylation sites (tertiary alicyclic amines) is 1. The Labute approximate surface area is 144 Å². The lowest BCUT2D eigenvalue weighted by atomic mass is 9.90. The molecule has 2 rings (SSSR count). The highest BCUT2D eigenvalue weighted by molar-refractivity contribution is 5.81. The number of rotatable bonds is 6. The van der Waals surface area contributed by atoms with Crippen molar-refractivity contribution in [2.75, 3.05) is 13.1 Å². The van der Waals surface area contributed by atoms with Gasteiger partial charge in [-0.1, -0.05) is 50.6 Å². The van der Waals surface area contributed by atoms with Crippen LogP contribution >= 0.6 is 0 Å². The SMILES string of the molecule is CC[C@@H](C)[C@H](NC(=O)N1CCC(Cc2ccccc2)CC1)C(=O)[O-]. The van der Waals surface area contributed by atoms with Crippen molar-refractivity contribution in [3.05, 3.63) is 35.9 Å². The van der Waals surface area contributed by atoms with Crippen LogP contribution in [0.15, 0.2) is 30.3 Å². The maximum atomic E-state index is 12.3. The first-order valence-corrected chi connectivity index (χ1v) is 8.81. The van der Waals surface area contributed by atoms with E-state index in [0.29, 0.717) is 25.4 Å². The minimum atomic E-state index is -1.21. The number of amides is 2. The third-order valence-corrected chi connectivity index (χ3v) is 5.01. The molecule has 1 saturated heterocycles. The van der Waals surface area contributed by atoms with E-state index in [2.05, 4.69) is 17.4 Å². The maximum Gasteiger partial charge on any atom is 0.317 e. The van der Waals surface area contributed by atoms with Crippen molar-refractivity contribution in [3.63, 3.8) is 0 Å². The summed E-state index contributed by atoms with van der Waals surface area (Å²) in [5.41, 5.74) is 1.33. The standard InChI is InChI=1S/C19H28N2O3/c1-3-14(2)17(18(22)23)20-19(24)21-11-9-16(10-12-21)13-15-7-5-4-6-8-15/h4-8,14,16-17H,3,9-13H2,1-2H3,(H,20,24)(H,22,23)/p-1/t14-,17+/m1/s1. The van der Waals surface area contributed by atoms with E-state index in [4.69, 9.17) is 0 Å². The molecule has 0 radical (unpaired) electrons. The van der Waals surface area contributed by atoms with E-state index in [-0.39, 0.29) is 11.9 Å². The Hall–Kier alpha value is -2.04. The van der Waals surface area contributed by atoms with Gasteiger partial charge >= 0.3 is 6.03 Å². The Morgan fingerprint density at radius 2 is 1.88 bits per heavy atom. The van der Waals surface area contributed by atoms with Gasteiger partial charge in [-0.05, 0) is 36.7 Å². The average molecular weight is 331 g/mol. The van der Waals surface area contributed by atoms with Gasteiger partial charge in [0.1, 0.15) is 0 Å². The highest BCUT2D eigenvalue weighted by atomic mass is 16.4. The maximum absolute atomic E-state index is 12.3. The molecule has 2 amide bonds. The number of aliphatic carboxylic acids is 1. The second kappa shape index (κ2) is 8.71. The molecule has 1 N–H and O–H groups in total. The number of benzene rings is 1. The number of piperidine rings is 1. The topological polar surface area (TPSA) is 72.5 Å². The van der Waals surface area contributed by atoms with Crippen LogP contribution in [0.2, 0.25) is 0 Å². The highest BCUT2D eigenvalue weighted by Crippen LogP contribution is 2.22. The number of hydrogen-bond acceptors (Lipinski definition) is 3. The molecule has 0 aliphatic carbocycles. The molecule has 132 valence electrons. The van der Waals surface area contributed by atoms with Gasteiger partial charge in [-0.3, -0.25) is 0 Å². The third-order valence-electron chi connectivity index (χ3n) is 5.01. The van der Waals surface area contributed by atoms with Gasteiger partial charge < -0.3 is 20.1 Å². The predicted molar refractivity (Wildman–Crippen MR) is 91.2 cm³/mol. The Morgan fingerprint density at radius 1 is 1.25 bits per heavy atom. The molecule has 0 aromatic heterocycles. The molecule has 24 heavy (non-hydrogen) atoms. The number of nitrogens with zero attached hydrogens (tertiary/aromatic N) is 1. The van der Waals surface area contributed by atoms with Crippen LogP contribution in [0.1, 0.15) is 38.7 Å². The van der Waals surface area contributed by atoms with Gasteiger partial charge in [0.05, 0.1) is 12.0 Å². The van der Waals surface area contributed by atoms with E-state index in [0.717, 1.165) is 19.3 Å². The molecule has 0 bridgehead atoms. The summed E-state index contributed by atoms with van der Waals surface area (Å²) in [5.74, 6) is -0.783. The minimum absolute atomic E-state index is 0.144.